The number of aromatic nitrogens is 3. The van der Waals surface area contributed by atoms with Crippen molar-refractivity contribution >= 4 is 0 Å². The molecule has 0 radical (unpaired) electrons. The molecule has 1 atom stereocenters. The van der Waals surface area contributed by atoms with E-state index in [1.54, 1.807) is 11.0 Å². The van der Waals surface area contributed by atoms with Gasteiger partial charge in [-0.1, -0.05) is 26.0 Å². The molecule has 0 saturated heterocycles. The van der Waals surface area contributed by atoms with Crippen LogP contribution in [0.3, 0.4) is 0 Å². The van der Waals surface area contributed by atoms with E-state index in [0.29, 0.717) is 12.5 Å². The summed E-state index contributed by atoms with van der Waals surface area (Å²) >= 11 is 0. The highest BCUT2D eigenvalue weighted by atomic mass is 19.1. The van der Waals surface area contributed by atoms with Gasteiger partial charge in [-0.05, 0) is 30.7 Å². The summed E-state index contributed by atoms with van der Waals surface area (Å²) in [6.07, 6.45) is 1.56. The van der Waals surface area contributed by atoms with Crippen LogP contribution in [0.25, 0.3) is 0 Å². The molecule has 0 bridgehead atoms. The lowest BCUT2D eigenvalue weighted by Gasteiger charge is -2.31. The molecule has 0 aliphatic rings. The van der Waals surface area contributed by atoms with E-state index in [0.717, 1.165) is 11.4 Å². The smallest absolute Gasteiger partial charge is 0.140 e. The Morgan fingerprint density at radius 3 is 2.40 bits per heavy atom. The van der Waals surface area contributed by atoms with Gasteiger partial charge in [-0.15, -0.1) is 0 Å². The van der Waals surface area contributed by atoms with Crippen molar-refractivity contribution in [2.45, 2.75) is 26.4 Å². The SMILES string of the molecule is CC(C)[C@@H](c1ccc(F)cc1)N(C)Cc1ncnn1C. The number of aryl methyl sites for hydroxylation is 1. The van der Waals surface area contributed by atoms with E-state index in [4.69, 9.17) is 0 Å². The molecule has 0 amide bonds. The zero-order valence-corrected chi connectivity index (χ0v) is 12.4. The predicted octanol–water partition coefficient (Wildman–Crippen LogP) is 2.78. The second-order valence-corrected chi connectivity index (χ2v) is 5.46. The van der Waals surface area contributed by atoms with E-state index in [1.165, 1.54) is 12.1 Å². The van der Waals surface area contributed by atoms with Gasteiger partial charge in [-0.25, -0.2) is 9.37 Å². The Kier molecular flexibility index (Phi) is 4.49. The third-order valence-corrected chi connectivity index (χ3v) is 3.51. The number of hydrogen-bond donors (Lipinski definition) is 0. The Morgan fingerprint density at radius 1 is 1.25 bits per heavy atom. The second kappa shape index (κ2) is 6.13. The van der Waals surface area contributed by atoms with Crippen molar-refractivity contribution in [3.05, 3.63) is 47.8 Å². The summed E-state index contributed by atoms with van der Waals surface area (Å²) in [4.78, 5) is 6.48. The number of nitrogens with zero attached hydrogens (tertiary/aromatic N) is 4. The molecular weight excluding hydrogens is 255 g/mol. The molecular formula is C15H21FN4. The third-order valence-electron chi connectivity index (χ3n) is 3.51. The molecule has 108 valence electrons. The first-order valence-electron chi connectivity index (χ1n) is 6.77. The van der Waals surface area contributed by atoms with Crippen molar-refractivity contribution in [3.8, 4) is 0 Å². The Bertz CT molecular complexity index is 547. The van der Waals surface area contributed by atoms with Crippen molar-refractivity contribution in [1.82, 2.24) is 19.7 Å². The number of rotatable bonds is 5. The Hall–Kier alpha value is -1.75. The molecule has 1 aromatic heterocycles. The lowest BCUT2D eigenvalue weighted by Crippen LogP contribution is -2.29. The van der Waals surface area contributed by atoms with Crippen LogP contribution >= 0.6 is 0 Å². The first-order chi connectivity index (χ1) is 9.49. The van der Waals surface area contributed by atoms with Crippen LogP contribution < -0.4 is 0 Å². The predicted molar refractivity (Wildman–Crippen MR) is 76.4 cm³/mol. The van der Waals surface area contributed by atoms with Gasteiger partial charge in [0.2, 0.25) is 0 Å². The van der Waals surface area contributed by atoms with Crippen molar-refractivity contribution < 1.29 is 4.39 Å². The van der Waals surface area contributed by atoms with Gasteiger partial charge in [0.1, 0.15) is 18.0 Å². The van der Waals surface area contributed by atoms with Gasteiger partial charge >= 0.3 is 0 Å². The summed E-state index contributed by atoms with van der Waals surface area (Å²) in [6.45, 7) is 5.04. The van der Waals surface area contributed by atoms with Gasteiger partial charge < -0.3 is 0 Å². The molecule has 1 aromatic carbocycles. The highest BCUT2D eigenvalue weighted by Gasteiger charge is 2.22. The van der Waals surface area contributed by atoms with E-state index in [-0.39, 0.29) is 11.9 Å². The highest BCUT2D eigenvalue weighted by molar-refractivity contribution is 5.20. The standard InChI is InChI=1S/C15H21FN4/c1-11(2)15(12-5-7-13(16)8-6-12)19(3)9-14-17-10-18-20(14)4/h5-8,10-11,15H,9H2,1-4H3/t15-/m0/s1. The quantitative estimate of drug-likeness (QED) is 0.842. The minimum absolute atomic E-state index is 0.202. The molecule has 5 heteroatoms. The fourth-order valence-electron chi connectivity index (χ4n) is 2.59. The van der Waals surface area contributed by atoms with E-state index < -0.39 is 0 Å². The molecule has 0 unspecified atom stereocenters. The fraction of sp³-hybridized carbons (Fsp3) is 0.467. The lowest BCUT2D eigenvalue weighted by atomic mass is 9.94. The minimum Gasteiger partial charge on any atom is -0.292 e. The normalized spacial score (nSPS) is 13.2. The highest BCUT2D eigenvalue weighted by Crippen LogP contribution is 2.28. The molecule has 0 aliphatic carbocycles. The van der Waals surface area contributed by atoms with Gasteiger partial charge in [-0.2, -0.15) is 5.10 Å². The largest absolute Gasteiger partial charge is 0.292 e. The molecule has 2 rings (SSSR count). The molecule has 0 saturated carbocycles. The molecule has 2 aromatic rings. The van der Waals surface area contributed by atoms with Crippen molar-refractivity contribution in [2.24, 2.45) is 13.0 Å². The van der Waals surface area contributed by atoms with Crippen LogP contribution in [-0.2, 0) is 13.6 Å². The summed E-state index contributed by atoms with van der Waals surface area (Å²) in [5.41, 5.74) is 1.12. The van der Waals surface area contributed by atoms with Gasteiger partial charge in [0, 0.05) is 13.1 Å². The van der Waals surface area contributed by atoms with E-state index >= 15 is 0 Å². The zero-order chi connectivity index (χ0) is 14.7. The first kappa shape index (κ1) is 14.7. The van der Waals surface area contributed by atoms with Crippen molar-refractivity contribution in [2.75, 3.05) is 7.05 Å². The molecule has 0 N–H and O–H groups in total. The second-order valence-electron chi connectivity index (χ2n) is 5.46. The number of hydrogen-bond acceptors (Lipinski definition) is 3. The number of benzene rings is 1. The maximum atomic E-state index is 13.1. The molecule has 1 heterocycles. The fourth-order valence-corrected chi connectivity index (χ4v) is 2.59. The Labute approximate surface area is 119 Å². The van der Waals surface area contributed by atoms with Gasteiger partial charge in [-0.3, -0.25) is 9.58 Å². The molecule has 20 heavy (non-hydrogen) atoms. The maximum Gasteiger partial charge on any atom is 0.140 e. The molecule has 4 nitrogen and oxygen atoms in total. The summed E-state index contributed by atoms with van der Waals surface area (Å²) in [5, 5.41) is 4.09. The van der Waals surface area contributed by atoms with E-state index in [1.807, 2.05) is 19.2 Å². The van der Waals surface area contributed by atoms with Gasteiger partial charge in [0.15, 0.2) is 0 Å². The van der Waals surface area contributed by atoms with Crippen LogP contribution in [0.5, 0.6) is 0 Å². The van der Waals surface area contributed by atoms with E-state index in [9.17, 15) is 4.39 Å². The van der Waals surface area contributed by atoms with E-state index in [2.05, 4.69) is 35.9 Å². The molecule has 0 aliphatic heterocycles. The Balaban J connectivity index is 2.20. The average Bonchev–Trinajstić information content (AvgIpc) is 2.77. The van der Waals surface area contributed by atoms with Crippen LogP contribution in [0.4, 0.5) is 4.39 Å². The summed E-state index contributed by atoms with van der Waals surface area (Å²) in [6, 6.07) is 6.95. The van der Waals surface area contributed by atoms with Gasteiger partial charge in [0.05, 0.1) is 6.54 Å². The summed E-state index contributed by atoms with van der Waals surface area (Å²) in [7, 11) is 3.95. The molecule has 0 fully saturated rings. The average molecular weight is 276 g/mol. The summed E-state index contributed by atoms with van der Waals surface area (Å²) in [5.74, 6) is 1.13. The topological polar surface area (TPSA) is 34.0 Å². The van der Waals surface area contributed by atoms with Crippen molar-refractivity contribution in [3.63, 3.8) is 0 Å². The first-order valence-corrected chi connectivity index (χ1v) is 6.77. The van der Waals surface area contributed by atoms with Gasteiger partial charge in [0.25, 0.3) is 0 Å². The molecule has 0 spiro atoms. The summed E-state index contributed by atoms with van der Waals surface area (Å²) < 4.78 is 14.9. The van der Waals surface area contributed by atoms with Crippen LogP contribution in [0.15, 0.2) is 30.6 Å². The zero-order valence-electron chi connectivity index (χ0n) is 12.4. The number of halogens is 1. The lowest BCUT2D eigenvalue weighted by molar-refractivity contribution is 0.179. The maximum absolute atomic E-state index is 13.1. The van der Waals surface area contributed by atoms with Crippen LogP contribution in [0.1, 0.15) is 31.3 Å². The van der Waals surface area contributed by atoms with Crippen LogP contribution in [0.2, 0.25) is 0 Å². The monoisotopic (exact) mass is 276 g/mol. The van der Waals surface area contributed by atoms with Crippen LogP contribution in [0, 0.1) is 11.7 Å². The van der Waals surface area contributed by atoms with Crippen molar-refractivity contribution in [1.29, 1.82) is 0 Å². The Morgan fingerprint density at radius 2 is 1.90 bits per heavy atom. The van der Waals surface area contributed by atoms with Crippen LogP contribution in [-0.4, -0.2) is 26.7 Å². The third kappa shape index (κ3) is 3.22. The minimum atomic E-state index is -0.202.